The highest BCUT2D eigenvalue weighted by molar-refractivity contribution is 7.19. The number of fused-ring (bicyclic) bond motifs is 1. The fraction of sp³-hybridized carbons (Fsp3) is 0.357. The maximum absolute atomic E-state index is 11.2. The Hall–Kier alpha value is -1.35. The fourth-order valence-corrected chi connectivity index (χ4v) is 3.04. The minimum absolute atomic E-state index is 0.582. The summed E-state index contributed by atoms with van der Waals surface area (Å²) >= 11 is 1.74. The van der Waals surface area contributed by atoms with E-state index in [2.05, 4.69) is 19.1 Å². The highest BCUT2D eigenvalue weighted by Gasteiger charge is 2.29. The molecule has 2 aromatic rings. The number of aryl methyl sites for hydroxylation is 1. The second kappa shape index (κ2) is 4.15. The SMILES string of the molecule is Cc1sc2ccccc2c1CC(C)(C)C(=O)O. The van der Waals surface area contributed by atoms with Crippen molar-refractivity contribution in [3.05, 3.63) is 34.7 Å². The third-order valence-corrected chi connectivity index (χ3v) is 4.23. The number of carboxylic acids is 1. The largest absolute Gasteiger partial charge is 0.481 e. The van der Waals surface area contributed by atoms with Gasteiger partial charge >= 0.3 is 5.97 Å². The average molecular weight is 248 g/mol. The van der Waals surface area contributed by atoms with Crippen LogP contribution < -0.4 is 0 Å². The molecule has 0 amide bonds. The summed E-state index contributed by atoms with van der Waals surface area (Å²) in [6, 6.07) is 8.19. The van der Waals surface area contributed by atoms with Gasteiger partial charge in [-0.05, 0) is 44.2 Å². The van der Waals surface area contributed by atoms with E-state index in [1.165, 1.54) is 20.5 Å². The van der Waals surface area contributed by atoms with Crippen LogP contribution in [0.2, 0.25) is 0 Å². The first-order valence-electron chi connectivity index (χ1n) is 5.62. The lowest BCUT2D eigenvalue weighted by Gasteiger charge is -2.19. The molecule has 1 aromatic heterocycles. The fourth-order valence-electron chi connectivity index (χ4n) is 1.96. The van der Waals surface area contributed by atoms with Gasteiger partial charge in [-0.3, -0.25) is 4.79 Å². The summed E-state index contributed by atoms with van der Waals surface area (Å²) in [6.45, 7) is 5.63. The van der Waals surface area contributed by atoms with Crippen LogP contribution in [0.25, 0.3) is 10.1 Å². The van der Waals surface area contributed by atoms with Crippen LogP contribution in [-0.2, 0) is 11.2 Å². The first kappa shape index (κ1) is 12.1. The number of carbonyl (C=O) groups is 1. The molecule has 0 unspecified atom stereocenters. The van der Waals surface area contributed by atoms with Crippen molar-refractivity contribution in [2.45, 2.75) is 27.2 Å². The van der Waals surface area contributed by atoms with Crippen LogP contribution in [-0.4, -0.2) is 11.1 Å². The Morgan fingerprint density at radius 3 is 2.65 bits per heavy atom. The van der Waals surface area contributed by atoms with Gasteiger partial charge in [0.1, 0.15) is 0 Å². The van der Waals surface area contributed by atoms with Crippen molar-refractivity contribution < 1.29 is 9.90 Å². The molecule has 0 aliphatic heterocycles. The van der Waals surface area contributed by atoms with Crippen LogP contribution in [0.4, 0.5) is 0 Å². The lowest BCUT2D eigenvalue weighted by atomic mass is 9.85. The van der Waals surface area contributed by atoms with Gasteiger partial charge < -0.3 is 5.11 Å². The standard InChI is InChI=1S/C14H16O2S/c1-9-11(8-14(2,3)13(15)16)10-6-4-5-7-12(10)17-9/h4-7H,8H2,1-3H3,(H,15,16). The molecule has 1 heterocycles. The maximum Gasteiger partial charge on any atom is 0.309 e. The summed E-state index contributed by atoms with van der Waals surface area (Å²) in [5.74, 6) is -0.743. The molecular formula is C14H16O2S. The average Bonchev–Trinajstić information content (AvgIpc) is 2.55. The second-order valence-electron chi connectivity index (χ2n) is 5.00. The second-order valence-corrected chi connectivity index (χ2v) is 6.26. The van der Waals surface area contributed by atoms with Crippen molar-refractivity contribution in [2.75, 3.05) is 0 Å². The Kier molecular flexibility index (Phi) is 2.96. The van der Waals surface area contributed by atoms with Crippen molar-refractivity contribution in [1.29, 1.82) is 0 Å². The molecule has 1 N–H and O–H groups in total. The zero-order chi connectivity index (χ0) is 12.6. The van der Waals surface area contributed by atoms with Gasteiger partial charge in [0.05, 0.1) is 5.41 Å². The molecule has 0 atom stereocenters. The molecule has 0 saturated heterocycles. The third-order valence-electron chi connectivity index (χ3n) is 3.10. The molecule has 0 bridgehead atoms. The van der Waals surface area contributed by atoms with Crippen molar-refractivity contribution in [1.82, 2.24) is 0 Å². The van der Waals surface area contributed by atoms with E-state index in [0.29, 0.717) is 6.42 Å². The molecule has 17 heavy (non-hydrogen) atoms. The number of aliphatic carboxylic acids is 1. The summed E-state index contributed by atoms with van der Waals surface area (Å²) < 4.78 is 1.24. The van der Waals surface area contributed by atoms with Crippen LogP contribution in [0.3, 0.4) is 0 Å². The zero-order valence-corrected chi connectivity index (χ0v) is 11.1. The zero-order valence-electron chi connectivity index (χ0n) is 10.3. The molecular weight excluding hydrogens is 232 g/mol. The molecule has 0 fully saturated rings. The molecule has 1 aromatic carbocycles. The number of hydrogen-bond donors (Lipinski definition) is 1. The van der Waals surface area contributed by atoms with Crippen LogP contribution in [0.15, 0.2) is 24.3 Å². The number of hydrogen-bond acceptors (Lipinski definition) is 2. The van der Waals surface area contributed by atoms with Gasteiger partial charge in [0.25, 0.3) is 0 Å². The van der Waals surface area contributed by atoms with Gasteiger partial charge in [-0.15, -0.1) is 11.3 Å². The minimum Gasteiger partial charge on any atom is -0.481 e. The van der Waals surface area contributed by atoms with Crippen molar-refractivity contribution in [2.24, 2.45) is 5.41 Å². The molecule has 3 heteroatoms. The first-order chi connectivity index (χ1) is 7.92. The van der Waals surface area contributed by atoms with E-state index in [4.69, 9.17) is 0 Å². The molecule has 2 nitrogen and oxygen atoms in total. The lowest BCUT2D eigenvalue weighted by molar-refractivity contribution is -0.146. The Balaban J connectivity index is 2.49. The summed E-state index contributed by atoms with van der Waals surface area (Å²) in [5, 5.41) is 10.4. The molecule has 0 aliphatic carbocycles. The van der Waals surface area contributed by atoms with Gasteiger partial charge in [-0.1, -0.05) is 18.2 Å². The number of rotatable bonds is 3. The van der Waals surface area contributed by atoms with Crippen LogP contribution in [0.1, 0.15) is 24.3 Å². The van der Waals surface area contributed by atoms with E-state index in [-0.39, 0.29) is 0 Å². The Labute approximate surface area is 105 Å². The summed E-state index contributed by atoms with van der Waals surface area (Å²) in [4.78, 5) is 12.4. The molecule has 0 saturated carbocycles. The monoisotopic (exact) mass is 248 g/mol. The highest BCUT2D eigenvalue weighted by atomic mass is 32.1. The van der Waals surface area contributed by atoms with Gasteiger partial charge in [0.2, 0.25) is 0 Å². The summed E-state index contributed by atoms with van der Waals surface area (Å²) in [7, 11) is 0. The number of carboxylic acid groups (broad SMARTS) is 1. The third kappa shape index (κ3) is 2.20. The van der Waals surface area contributed by atoms with Crippen molar-refractivity contribution in [3.63, 3.8) is 0 Å². The van der Waals surface area contributed by atoms with E-state index in [9.17, 15) is 9.90 Å². The van der Waals surface area contributed by atoms with E-state index in [1.54, 1.807) is 25.2 Å². The smallest absolute Gasteiger partial charge is 0.309 e. The predicted octanol–water partition coefficient (Wildman–Crippen LogP) is 3.86. The van der Waals surface area contributed by atoms with Gasteiger partial charge in [0.15, 0.2) is 0 Å². The van der Waals surface area contributed by atoms with Crippen LogP contribution >= 0.6 is 11.3 Å². The summed E-state index contributed by atoms with van der Waals surface area (Å²) in [6.07, 6.45) is 0.582. The Morgan fingerprint density at radius 1 is 1.35 bits per heavy atom. The molecule has 0 spiro atoms. The maximum atomic E-state index is 11.2. The van der Waals surface area contributed by atoms with Crippen LogP contribution in [0, 0.1) is 12.3 Å². The summed E-state index contributed by atoms with van der Waals surface area (Å²) in [5.41, 5.74) is 0.465. The molecule has 2 rings (SSSR count). The van der Waals surface area contributed by atoms with Crippen LogP contribution in [0.5, 0.6) is 0 Å². The predicted molar refractivity (Wildman–Crippen MR) is 71.7 cm³/mol. The highest BCUT2D eigenvalue weighted by Crippen LogP contribution is 2.35. The van der Waals surface area contributed by atoms with E-state index in [1.807, 2.05) is 12.1 Å². The first-order valence-corrected chi connectivity index (χ1v) is 6.44. The topological polar surface area (TPSA) is 37.3 Å². The molecule has 0 radical (unpaired) electrons. The minimum atomic E-state index is -0.743. The lowest BCUT2D eigenvalue weighted by Crippen LogP contribution is -2.26. The quantitative estimate of drug-likeness (QED) is 0.895. The van der Waals surface area contributed by atoms with Crippen molar-refractivity contribution in [3.8, 4) is 0 Å². The normalized spacial score (nSPS) is 11.9. The molecule has 0 aliphatic rings. The Bertz CT molecular complexity index is 567. The van der Waals surface area contributed by atoms with E-state index < -0.39 is 11.4 Å². The Morgan fingerprint density at radius 2 is 2.00 bits per heavy atom. The molecule has 90 valence electrons. The van der Waals surface area contributed by atoms with Gasteiger partial charge in [-0.25, -0.2) is 0 Å². The van der Waals surface area contributed by atoms with E-state index >= 15 is 0 Å². The number of thiophene rings is 1. The van der Waals surface area contributed by atoms with Crippen molar-refractivity contribution >= 4 is 27.4 Å². The van der Waals surface area contributed by atoms with E-state index in [0.717, 1.165) is 0 Å². The van der Waals surface area contributed by atoms with Gasteiger partial charge in [0, 0.05) is 9.58 Å². The number of benzene rings is 1. The van der Waals surface area contributed by atoms with Gasteiger partial charge in [-0.2, -0.15) is 0 Å².